The molecule has 194 valence electrons. The van der Waals surface area contributed by atoms with Gasteiger partial charge in [0.25, 0.3) is 0 Å². The number of hydrogen-bond donors (Lipinski definition) is 10. The lowest BCUT2D eigenvalue weighted by Crippen LogP contribution is -2.58. The number of aliphatic hydroxyl groups is 2. The van der Waals surface area contributed by atoms with E-state index in [9.17, 15) is 34.2 Å². The van der Waals surface area contributed by atoms with E-state index in [1.54, 1.807) is 0 Å². The number of carbonyl (C=O) groups excluding carboxylic acids is 3. The molecule has 0 saturated heterocycles. The Bertz CT molecular complexity index is 756. The number of hydrogen-bond acceptors (Lipinski definition) is 9. The smallest absolute Gasteiger partial charge is 0.326 e. The molecule has 0 heterocycles. The fourth-order valence-corrected chi connectivity index (χ4v) is 2.52. The predicted octanol–water partition coefficient (Wildman–Crippen LogP) is -4.86. The van der Waals surface area contributed by atoms with Gasteiger partial charge in [-0.25, -0.2) is 4.79 Å². The van der Waals surface area contributed by atoms with Crippen LogP contribution in [0.4, 0.5) is 0 Å². The fraction of sp³-hybridized carbons (Fsp3) is 0.667. The van der Waals surface area contributed by atoms with Crippen molar-refractivity contribution in [3.05, 3.63) is 0 Å². The molecule has 16 nitrogen and oxygen atoms in total. The molecule has 3 amide bonds. The third kappa shape index (κ3) is 11.9. The molecule has 0 bridgehead atoms. The van der Waals surface area contributed by atoms with Gasteiger partial charge in [0.05, 0.1) is 12.7 Å². The van der Waals surface area contributed by atoms with Crippen molar-refractivity contribution in [2.75, 3.05) is 13.2 Å². The normalized spacial score (nSPS) is 15.1. The van der Waals surface area contributed by atoms with E-state index in [1.807, 2.05) is 5.32 Å². The van der Waals surface area contributed by atoms with E-state index < -0.39 is 79.4 Å². The van der Waals surface area contributed by atoms with Crippen LogP contribution in [0.25, 0.3) is 0 Å². The Morgan fingerprint density at radius 1 is 0.882 bits per heavy atom. The molecule has 5 atom stereocenters. The van der Waals surface area contributed by atoms with E-state index in [0.29, 0.717) is 0 Å². The minimum atomic E-state index is -1.61. The highest BCUT2D eigenvalue weighted by Crippen LogP contribution is 2.03. The summed E-state index contributed by atoms with van der Waals surface area (Å²) in [7, 11) is 0. The average Bonchev–Trinajstić information content (AvgIpc) is 2.75. The van der Waals surface area contributed by atoms with Gasteiger partial charge in [0.1, 0.15) is 24.2 Å². The molecular formula is C18H33N7O9. The number of guanidine groups is 1. The molecule has 0 rings (SSSR count). The van der Waals surface area contributed by atoms with E-state index >= 15 is 0 Å². The molecule has 0 aliphatic carbocycles. The molecule has 0 fully saturated rings. The van der Waals surface area contributed by atoms with Crippen LogP contribution in [-0.4, -0.2) is 99.5 Å². The topological polar surface area (TPSA) is 293 Å². The largest absolute Gasteiger partial charge is 0.481 e. The van der Waals surface area contributed by atoms with Gasteiger partial charge in [-0.15, -0.1) is 0 Å². The van der Waals surface area contributed by atoms with Crippen molar-refractivity contribution in [2.45, 2.75) is 62.9 Å². The van der Waals surface area contributed by atoms with Gasteiger partial charge >= 0.3 is 11.9 Å². The third-order valence-electron chi connectivity index (χ3n) is 4.48. The molecule has 0 saturated carbocycles. The van der Waals surface area contributed by atoms with Gasteiger partial charge < -0.3 is 53.6 Å². The molecule has 0 aliphatic rings. The quantitative estimate of drug-likeness (QED) is 0.0552. The maximum absolute atomic E-state index is 12.7. The van der Waals surface area contributed by atoms with Crippen molar-refractivity contribution in [1.82, 2.24) is 16.0 Å². The number of carbonyl (C=O) groups is 5. The number of nitrogens with one attached hydrogen (secondary N) is 3. The Labute approximate surface area is 194 Å². The van der Waals surface area contributed by atoms with Crippen molar-refractivity contribution in [1.29, 1.82) is 0 Å². The van der Waals surface area contributed by atoms with Gasteiger partial charge in [0.2, 0.25) is 17.7 Å². The van der Waals surface area contributed by atoms with E-state index in [4.69, 9.17) is 27.4 Å². The van der Waals surface area contributed by atoms with Crippen molar-refractivity contribution in [2.24, 2.45) is 22.2 Å². The van der Waals surface area contributed by atoms with E-state index in [0.717, 1.165) is 0 Å². The first-order valence-electron chi connectivity index (χ1n) is 10.3. The molecular weight excluding hydrogens is 458 g/mol. The van der Waals surface area contributed by atoms with Crippen molar-refractivity contribution in [3.63, 3.8) is 0 Å². The lowest BCUT2D eigenvalue weighted by Gasteiger charge is -2.24. The lowest BCUT2D eigenvalue weighted by atomic mass is 10.1. The van der Waals surface area contributed by atoms with Crippen molar-refractivity contribution < 1.29 is 44.4 Å². The molecule has 16 heteroatoms. The Morgan fingerprint density at radius 3 is 1.88 bits per heavy atom. The average molecular weight is 492 g/mol. The highest BCUT2D eigenvalue weighted by atomic mass is 16.4. The van der Waals surface area contributed by atoms with Crippen LogP contribution in [0.3, 0.4) is 0 Å². The second kappa shape index (κ2) is 15.4. The molecule has 0 aromatic heterocycles. The van der Waals surface area contributed by atoms with Crippen LogP contribution in [0.2, 0.25) is 0 Å². The first kappa shape index (κ1) is 30.5. The second-order valence-corrected chi connectivity index (χ2v) is 7.35. The second-order valence-electron chi connectivity index (χ2n) is 7.35. The summed E-state index contributed by atoms with van der Waals surface area (Å²) < 4.78 is 0. The van der Waals surface area contributed by atoms with Gasteiger partial charge in [-0.05, 0) is 26.2 Å². The zero-order chi connectivity index (χ0) is 26.4. The van der Waals surface area contributed by atoms with Crippen molar-refractivity contribution in [3.8, 4) is 0 Å². The molecule has 0 aliphatic heterocycles. The Morgan fingerprint density at radius 2 is 1.41 bits per heavy atom. The van der Waals surface area contributed by atoms with Crippen LogP contribution in [0, 0.1) is 0 Å². The molecule has 34 heavy (non-hydrogen) atoms. The Hall–Kier alpha value is -3.50. The zero-order valence-corrected chi connectivity index (χ0v) is 18.6. The maximum atomic E-state index is 12.7. The molecule has 0 spiro atoms. The highest BCUT2D eigenvalue weighted by Gasteiger charge is 2.30. The Balaban J connectivity index is 5.35. The minimum Gasteiger partial charge on any atom is -0.481 e. The zero-order valence-electron chi connectivity index (χ0n) is 18.6. The number of carboxylic acids is 2. The fourth-order valence-electron chi connectivity index (χ4n) is 2.52. The van der Waals surface area contributed by atoms with Crippen LogP contribution in [-0.2, 0) is 24.0 Å². The number of amides is 3. The number of aliphatic imine (C=N–C) groups is 1. The minimum absolute atomic E-state index is 0.0169. The Kier molecular flexibility index (Phi) is 13.8. The van der Waals surface area contributed by atoms with Crippen LogP contribution < -0.4 is 33.2 Å². The van der Waals surface area contributed by atoms with E-state index in [-0.39, 0.29) is 25.3 Å². The van der Waals surface area contributed by atoms with Crippen LogP contribution >= 0.6 is 0 Å². The van der Waals surface area contributed by atoms with Gasteiger partial charge in [0.15, 0.2) is 5.96 Å². The first-order valence-corrected chi connectivity index (χ1v) is 10.3. The van der Waals surface area contributed by atoms with E-state index in [2.05, 4.69) is 15.6 Å². The number of nitrogens with zero attached hydrogens (tertiary/aromatic N) is 1. The number of rotatable bonds is 16. The van der Waals surface area contributed by atoms with Gasteiger partial charge in [-0.2, -0.15) is 0 Å². The number of aliphatic carboxylic acids is 2. The third-order valence-corrected chi connectivity index (χ3v) is 4.48. The first-order chi connectivity index (χ1) is 15.8. The summed E-state index contributed by atoms with van der Waals surface area (Å²) in [4.78, 5) is 62.9. The summed E-state index contributed by atoms with van der Waals surface area (Å²) >= 11 is 0. The standard InChI is InChI=1S/C18H33N7O9/c1-8(27)13(19)16(32)23-9(3-2-6-22-18(20)21)14(30)25-11(7-26)15(31)24-10(17(33)34)4-5-12(28)29/h8-11,13,26-27H,2-7,19H2,1H3,(H,23,32)(H,24,31)(H,25,30)(H,28,29)(H,33,34)(H4,20,21,22). The van der Waals surface area contributed by atoms with Gasteiger partial charge in [-0.1, -0.05) is 0 Å². The highest BCUT2D eigenvalue weighted by molar-refractivity contribution is 5.94. The molecule has 0 radical (unpaired) electrons. The van der Waals surface area contributed by atoms with E-state index in [1.165, 1.54) is 6.92 Å². The van der Waals surface area contributed by atoms with Gasteiger partial charge in [-0.3, -0.25) is 24.2 Å². The monoisotopic (exact) mass is 491 g/mol. The molecule has 5 unspecified atom stereocenters. The van der Waals surface area contributed by atoms with Crippen LogP contribution in [0.5, 0.6) is 0 Å². The number of nitrogens with two attached hydrogens (primary N) is 3. The number of aliphatic hydroxyl groups excluding tert-OH is 2. The number of carboxylic acid groups (broad SMARTS) is 2. The van der Waals surface area contributed by atoms with Crippen LogP contribution in [0.1, 0.15) is 32.6 Å². The molecule has 0 aromatic rings. The summed E-state index contributed by atoms with van der Waals surface area (Å²) in [6.07, 6.45) is -1.99. The predicted molar refractivity (Wildman–Crippen MR) is 117 cm³/mol. The SMILES string of the molecule is CC(O)C(N)C(=O)NC(CCCN=C(N)N)C(=O)NC(CO)C(=O)NC(CCC(=O)O)C(=O)O. The molecule has 0 aromatic carbocycles. The maximum Gasteiger partial charge on any atom is 0.326 e. The van der Waals surface area contributed by atoms with Crippen LogP contribution in [0.15, 0.2) is 4.99 Å². The van der Waals surface area contributed by atoms with Crippen molar-refractivity contribution >= 4 is 35.6 Å². The summed E-state index contributed by atoms with van der Waals surface area (Å²) in [6.45, 7) is 0.455. The summed E-state index contributed by atoms with van der Waals surface area (Å²) in [5, 5.41) is 43.4. The summed E-state index contributed by atoms with van der Waals surface area (Å²) in [5.41, 5.74) is 16.0. The van der Waals surface area contributed by atoms with Gasteiger partial charge in [0, 0.05) is 13.0 Å². The molecule has 13 N–H and O–H groups in total. The summed E-state index contributed by atoms with van der Waals surface area (Å²) in [6, 6.07) is -5.80. The summed E-state index contributed by atoms with van der Waals surface area (Å²) in [5.74, 6) is -5.82. The lowest BCUT2D eigenvalue weighted by molar-refractivity contribution is -0.143.